The average molecular weight is 331 g/mol. The molecule has 0 saturated heterocycles. The highest BCUT2D eigenvalue weighted by molar-refractivity contribution is 14.1. The Morgan fingerprint density at radius 3 is 2.69 bits per heavy atom. The van der Waals surface area contributed by atoms with Crippen LogP contribution in [0.4, 0.5) is 4.39 Å². The zero-order chi connectivity index (χ0) is 11.7. The number of aromatic carboxylic acids is 1. The number of hydrogen-bond donors (Lipinski definition) is 1. The molecule has 82 valence electrons. The number of hydrogen-bond acceptors (Lipinski definition) is 1. The molecule has 5 heteroatoms. The van der Waals surface area contributed by atoms with Crippen molar-refractivity contribution in [3.8, 4) is 5.69 Å². The van der Waals surface area contributed by atoms with Gasteiger partial charge in [-0.25, -0.2) is 9.18 Å². The maximum Gasteiger partial charge on any atom is 0.352 e. The van der Waals surface area contributed by atoms with E-state index in [2.05, 4.69) is 0 Å². The first kappa shape index (κ1) is 11.1. The largest absolute Gasteiger partial charge is 0.477 e. The Morgan fingerprint density at radius 2 is 2.06 bits per heavy atom. The Hall–Kier alpha value is -1.37. The van der Waals surface area contributed by atoms with Crippen LogP contribution in [0.1, 0.15) is 10.5 Å². The van der Waals surface area contributed by atoms with Crippen LogP contribution in [0.3, 0.4) is 0 Å². The Bertz CT molecular complexity index is 551. The zero-order valence-electron chi connectivity index (χ0n) is 8.02. The lowest BCUT2D eigenvalue weighted by Crippen LogP contribution is -2.06. The molecule has 0 aliphatic heterocycles. The van der Waals surface area contributed by atoms with E-state index in [4.69, 9.17) is 5.11 Å². The first-order chi connectivity index (χ1) is 7.59. The fourth-order valence-corrected chi connectivity index (χ4v) is 2.01. The summed E-state index contributed by atoms with van der Waals surface area (Å²) in [7, 11) is 0. The van der Waals surface area contributed by atoms with Gasteiger partial charge in [-0.05, 0) is 40.8 Å². The van der Waals surface area contributed by atoms with Crippen LogP contribution >= 0.6 is 22.6 Å². The average Bonchev–Trinajstić information content (AvgIpc) is 2.61. The normalized spacial score (nSPS) is 10.4. The van der Waals surface area contributed by atoms with Crippen molar-refractivity contribution in [2.45, 2.75) is 0 Å². The van der Waals surface area contributed by atoms with Crippen LogP contribution in [0.15, 0.2) is 36.5 Å². The number of carboxylic acids is 1. The summed E-state index contributed by atoms with van der Waals surface area (Å²) in [5.74, 6) is -1.52. The van der Waals surface area contributed by atoms with E-state index in [0.29, 0.717) is 0 Å². The van der Waals surface area contributed by atoms with Crippen LogP contribution < -0.4 is 0 Å². The minimum Gasteiger partial charge on any atom is -0.477 e. The highest BCUT2D eigenvalue weighted by Crippen LogP contribution is 2.19. The van der Waals surface area contributed by atoms with Gasteiger partial charge in [-0.3, -0.25) is 0 Å². The van der Waals surface area contributed by atoms with E-state index in [9.17, 15) is 9.18 Å². The molecular weight excluding hydrogens is 324 g/mol. The van der Waals surface area contributed by atoms with Crippen LogP contribution in [0.5, 0.6) is 0 Å². The second kappa shape index (κ2) is 4.25. The molecule has 1 N–H and O–H groups in total. The molecule has 0 bridgehead atoms. The SMILES string of the molecule is O=C(O)c1cc(I)cn1-c1ccccc1F. The van der Waals surface area contributed by atoms with Crippen molar-refractivity contribution < 1.29 is 14.3 Å². The van der Waals surface area contributed by atoms with Crippen LogP contribution in [-0.2, 0) is 0 Å². The smallest absolute Gasteiger partial charge is 0.352 e. The summed E-state index contributed by atoms with van der Waals surface area (Å²) in [5, 5.41) is 8.98. The number of aromatic nitrogens is 1. The van der Waals surface area contributed by atoms with Crippen molar-refractivity contribution >= 4 is 28.6 Å². The van der Waals surface area contributed by atoms with Crippen molar-refractivity contribution in [1.29, 1.82) is 0 Å². The first-order valence-electron chi connectivity index (χ1n) is 4.45. The van der Waals surface area contributed by atoms with Crippen molar-refractivity contribution in [2.75, 3.05) is 0 Å². The second-order valence-corrected chi connectivity index (χ2v) is 4.42. The molecule has 2 aromatic rings. The van der Waals surface area contributed by atoms with Crippen molar-refractivity contribution in [3.05, 3.63) is 51.6 Å². The quantitative estimate of drug-likeness (QED) is 0.860. The van der Waals surface area contributed by atoms with E-state index in [1.807, 2.05) is 22.6 Å². The van der Waals surface area contributed by atoms with Crippen LogP contribution in [0.25, 0.3) is 5.69 Å². The van der Waals surface area contributed by atoms with E-state index < -0.39 is 11.8 Å². The Balaban J connectivity index is 2.64. The predicted molar refractivity (Wildman–Crippen MR) is 65.4 cm³/mol. The van der Waals surface area contributed by atoms with E-state index >= 15 is 0 Å². The van der Waals surface area contributed by atoms with E-state index in [1.54, 1.807) is 18.3 Å². The molecule has 0 radical (unpaired) electrons. The molecule has 3 nitrogen and oxygen atoms in total. The van der Waals surface area contributed by atoms with E-state index in [1.165, 1.54) is 22.8 Å². The molecule has 0 atom stereocenters. The fraction of sp³-hybridized carbons (Fsp3) is 0. The molecule has 0 fully saturated rings. The summed E-state index contributed by atoms with van der Waals surface area (Å²) in [5.41, 5.74) is 0.289. The van der Waals surface area contributed by atoms with Gasteiger partial charge in [0.05, 0.1) is 5.69 Å². The van der Waals surface area contributed by atoms with Gasteiger partial charge in [-0.1, -0.05) is 12.1 Å². The molecular formula is C11H7FINO2. The third-order valence-electron chi connectivity index (χ3n) is 2.12. The monoisotopic (exact) mass is 331 g/mol. The standard InChI is InChI=1S/C11H7FINO2/c12-8-3-1-2-4-9(8)14-6-7(13)5-10(14)11(15)16/h1-6H,(H,15,16). The number of para-hydroxylation sites is 1. The highest BCUT2D eigenvalue weighted by atomic mass is 127. The van der Waals surface area contributed by atoms with Crippen molar-refractivity contribution in [2.24, 2.45) is 0 Å². The molecule has 2 rings (SSSR count). The van der Waals surface area contributed by atoms with Gasteiger partial charge in [-0.15, -0.1) is 0 Å². The molecule has 0 unspecified atom stereocenters. The summed E-state index contributed by atoms with van der Waals surface area (Å²) in [6.45, 7) is 0. The third kappa shape index (κ3) is 1.95. The molecule has 1 aromatic heterocycles. The highest BCUT2D eigenvalue weighted by Gasteiger charge is 2.14. The Kier molecular flexibility index (Phi) is 2.95. The predicted octanol–water partition coefficient (Wildman–Crippen LogP) is 2.92. The number of benzene rings is 1. The minimum absolute atomic E-state index is 0.0505. The Labute approximate surface area is 105 Å². The van der Waals surface area contributed by atoms with Gasteiger partial charge in [0.15, 0.2) is 0 Å². The molecule has 0 saturated carbocycles. The third-order valence-corrected chi connectivity index (χ3v) is 2.71. The number of rotatable bonds is 2. The number of halogens is 2. The minimum atomic E-state index is -1.08. The maximum absolute atomic E-state index is 13.5. The van der Waals surface area contributed by atoms with E-state index in [0.717, 1.165) is 3.57 Å². The lowest BCUT2D eigenvalue weighted by atomic mass is 10.3. The molecule has 0 aliphatic carbocycles. The van der Waals surface area contributed by atoms with Crippen molar-refractivity contribution in [3.63, 3.8) is 0 Å². The number of nitrogens with zero attached hydrogens (tertiary/aromatic N) is 1. The maximum atomic E-state index is 13.5. The molecule has 1 heterocycles. The van der Waals surface area contributed by atoms with Crippen LogP contribution in [0, 0.1) is 9.39 Å². The number of carbonyl (C=O) groups is 1. The van der Waals surface area contributed by atoms with Crippen LogP contribution in [-0.4, -0.2) is 15.6 Å². The van der Waals surface area contributed by atoms with Crippen molar-refractivity contribution in [1.82, 2.24) is 4.57 Å². The lowest BCUT2D eigenvalue weighted by molar-refractivity contribution is 0.0688. The summed E-state index contributed by atoms with van der Waals surface area (Å²) in [6.07, 6.45) is 1.59. The molecule has 0 spiro atoms. The van der Waals surface area contributed by atoms with Gasteiger partial charge < -0.3 is 9.67 Å². The second-order valence-electron chi connectivity index (χ2n) is 3.17. The summed E-state index contributed by atoms with van der Waals surface area (Å²) < 4.78 is 15.6. The summed E-state index contributed by atoms with van der Waals surface area (Å²) in [4.78, 5) is 11.0. The summed E-state index contributed by atoms with van der Waals surface area (Å²) in [6, 6.07) is 7.56. The molecule has 16 heavy (non-hydrogen) atoms. The molecule has 1 aromatic carbocycles. The van der Waals surface area contributed by atoms with Gasteiger partial charge in [-0.2, -0.15) is 0 Å². The Morgan fingerprint density at radius 1 is 1.38 bits per heavy atom. The lowest BCUT2D eigenvalue weighted by Gasteiger charge is -2.06. The molecule has 0 amide bonds. The fourth-order valence-electron chi connectivity index (χ4n) is 1.44. The molecule has 0 aliphatic rings. The number of carboxylic acid groups (broad SMARTS) is 1. The van der Waals surface area contributed by atoms with Gasteiger partial charge >= 0.3 is 5.97 Å². The van der Waals surface area contributed by atoms with Gasteiger partial charge in [0, 0.05) is 9.77 Å². The first-order valence-corrected chi connectivity index (χ1v) is 5.53. The van der Waals surface area contributed by atoms with E-state index in [-0.39, 0.29) is 11.4 Å². The zero-order valence-corrected chi connectivity index (χ0v) is 10.2. The van der Waals surface area contributed by atoms with Crippen LogP contribution in [0.2, 0.25) is 0 Å². The topological polar surface area (TPSA) is 42.2 Å². The van der Waals surface area contributed by atoms with Gasteiger partial charge in [0.1, 0.15) is 11.5 Å². The summed E-state index contributed by atoms with van der Waals surface area (Å²) >= 11 is 1.99. The van der Waals surface area contributed by atoms with Gasteiger partial charge in [0.2, 0.25) is 0 Å². The van der Waals surface area contributed by atoms with Gasteiger partial charge in [0.25, 0.3) is 0 Å².